The zero-order valence-electron chi connectivity index (χ0n) is 6.17. The molecular formula is C7H13N3. The summed E-state index contributed by atoms with van der Waals surface area (Å²) in [4.78, 5) is 6.93. The fourth-order valence-corrected chi connectivity index (χ4v) is 0.805. The standard InChI is InChI=1S/C7H13N3/c1-6(8)2-3-7-4-9-5-10-7/h4-6H,2-3,8H2,1H3,(H,9,10)/t6-/m0/s1. The molecule has 1 aromatic heterocycles. The Hall–Kier alpha value is -0.830. The molecule has 0 fully saturated rings. The minimum absolute atomic E-state index is 0.281. The highest BCUT2D eigenvalue weighted by Crippen LogP contribution is 1.97. The summed E-state index contributed by atoms with van der Waals surface area (Å²) in [6, 6.07) is 0.281. The second kappa shape index (κ2) is 3.37. The first-order valence-corrected chi connectivity index (χ1v) is 3.52. The number of rotatable bonds is 3. The van der Waals surface area contributed by atoms with Crippen LogP contribution in [0.2, 0.25) is 0 Å². The highest BCUT2D eigenvalue weighted by molar-refractivity contribution is 4.94. The molecule has 1 aromatic rings. The molecule has 0 radical (unpaired) electrons. The number of nitrogens with one attached hydrogen (secondary N) is 1. The zero-order valence-corrected chi connectivity index (χ0v) is 6.17. The normalized spacial score (nSPS) is 13.4. The maximum absolute atomic E-state index is 5.57. The number of imidazole rings is 1. The number of aromatic amines is 1. The van der Waals surface area contributed by atoms with Crippen molar-refractivity contribution in [2.45, 2.75) is 25.8 Å². The van der Waals surface area contributed by atoms with Crippen molar-refractivity contribution >= 4 is 0 Å². The molecule has 0 aliphatic rings. The number of aryl methyl sites for hydroxylation is 1. The Labute approximate surface area is 60.7 Å². The molecule has 0 aromatic carbocycles. The van der Waals surface area contributed by atoms with Gasteiger partial charge in [-0.1, -0.05) is 0 Å². The van der Waals surface area contributed by atoms with Crippen molar-refractivity contribution in [1.82, 2.24) is 9.97 Å². The van der Waals surface area contributed by atoms with Crippen LogP contribution in [-0.4, -0.2) is 16.0 Å². The van der Waals surface area contributed by atoms with Gasteiger partial charge in [0.2, 0.25) is 0 Å². The second-order valence-electron chi connectivity index (χ2n) is 2.59. The monoisotopic (exact) mass is 139 g/mol. The van der Waals surface area contributed by atoms with Gasteiger partial charge < -0.3 is 10.7 Å². The van der Waals surface area contributed by atoms with Crippen LogP contribution in [0.1, 0.15) is 19.0 Å². The molecule has 3 heteroatoms. The lowest BCUT2D eigenvalue weighted by Crippen LogP contribution is -2.15. The number of nitrogens with zero attached hydrogens (tertiary/aromatic N) is 1. The Morgan fingerprint density at radius 2 is 2.60 bits per heavy atom. The lowest BCUT2D eigenvalue weighted by atomic mass is 10.2. The molecule has 3 nitrogen and oxygen atoms in total. The summed E-state index contributed by atoms with van der Waals surface area (Å²) >= 11 is 0. The smallest absolute Gasteiger partial charge is 0.0921 e. The van der Waals surface area contributed by atoms with Gasteiger partial charge in [-0.15, -0.1) is 0 Å². The molecule has 0 bridgehead atoms. The molecule has 0 saturated carbocycles. The van der Waals surface area contributed by atoms with Crippen LogP contribution in [0.15, 0.2) is 12.5 Å². The molecular weight excluding hydrogens is 126 g/mol. The lowest BCUT2D eigenvalue weighted by Gasteiger charge is -2.00. The Balaban J connectivity index is 2.28. The molecule has 3 N–H and O–H groups in total. The fourth-order valence-electron chi connectivity index (χ4n) is 0.805. The van der Waals surface area contributed by atoms with E-state index in [0.717, 1.165) is 18.5 Å². The van der Waals surface area contributed by atoms with Crippen LogP contribution in [0.25, 0.3) is 0 Å². The maximum atomic E-state index is 5.57. The molecule has 56 valence electrons. The van der Waals surface area contributed by atoms with Gasteiger partial charge in [-0.25, -0.2) is 4.98 Å². The summed E-state index contributed by atoms with van der Waals surface area (Å²) < 4.78 is 0. The predicted octanol–water partition coefficient (Wildman–Crippen LogP) is 0.690. The van der Waals surface area contributed by atoms with E-state index in [-0.39, 0.29) is 6.04 Å². The minimum atomic E-state index is 0.281. The van der Waals surface area contributed by atoms with Gasteiger partial charge in [0.05, 0.1) is 6.33 Å². The van der Waals surface area contributed by atoms with E-state index in [0.29, 0.717) is 0 Å². The summed E-state index contributed by atoms with van der Waals surface area (Å²) in [5, 5.41) is 0. The Morgan fingerprint density at radius 3 is 3.10 bits per heavy atom. The van der Waals surface area contributed by atoms with Crippen LogP contribution in [0.5, 0.6) is 0 Å². The van der Waals surface area contributed by atoms with Crippen molar-refractivity contribution < 1.29 is 0 Å². The first kappa shape index (κ1) is 7.28. The molecule has 10 heavy (non-hydrogen) atoms. The van der Waals surface area contributed by atoms with Gasteiger partial charge in [0, 0.05) is 17.9 Å². The maximum Gasteiger partial charge on any atom is 0.0921 e. The van der Waals surface area contributed by atoms with Crippen LogP contribution in [0.4, 0.5) is 0 Å². The van der Waals surface area contributed by atoms with Crippen LogP contribution < -0.4 is 5.73 Å². The van der Waals surface area contributed by atoms with E-state index in [1.807, 2.05) is 13.1 Å². The summed E-state index contributed by atoms with van der Waals surface area (Å²) in [6.07, 6.45) is 5.54. The first-order valence-electron chi connectivity index (χ1n) is 3.52. The van der Waals surface area contributed by atoms with Crippen molar-refractivity contribution in [3.63, 3.8) is 0 Å². The molecule has 1 atom stereocenters. The van der Waals surface area contributed by atoms with Crippen LogP contribution in [-0.2, 0) is 6.42 Å². The van der Waals surface area contributed by atoms with Crippen LogP contribution in [0.3, 0.4) is 0 Å². The summed E-state index contributed by atoms with van der Waals surface area (Å²) in [7, 11) is 0. The van der Waals surface area contributed by atoms with E-state index in [1.54, 1.807) is 6.33 Å². The van der Waals surface area contributed by atoms with Crippen molar-refractivity contribution in [2.75, 3.05) is 0 Å². The Morgan fingerprint density at radius 1 is 1.80 bits per heavy atom. The molecule has 1 heterocycles. The van der Waals surface area contributed by atoms with E-state index in [4.69, 9.17) is 5.73 Å². The van der Waals surface area contributed by atoms with Crippen molar-refractivity contribution in [1.29, 1.82) is 0 Å². The third-order valence-electron chi connectivity index (χ3n) is 1.42. The van der Waals surface area contributed by atoms with Gasteiger partial charge in [0.25, 0.3) is 0 Å². The van der Waals surface area contributed by atoms with Gasteiger partial charge in [-0.3, -0.25) is 0 Å². The summed E-state index contributed by atoms with van der Waals surface area (Å²) in [5.41, 5.74) is 6.74. The third-order valence-corrected chi connectivity index (χ3v) is 1.42. The van der Waals surface area contributed by atoms with Crippen LogP contribution in [0, 0.1) is 0 Å². The van der Waals surface area contributed by atoms with Crippen molar-refractivity contribution in [3.05, 3.63) is 18.2 Å². The second-order valence-corrected chi connectivity index (χ2v) is 2.59. The predicted molar refractivity (Wildman–Crippen MR) is 40.6 cm³/mol. The highest BCUT2D eigenvalue weighted by atomic mass is 14.9. The fraction of sp³-hybridized carbons (Fsp3) is 0.571. The Kier molecular flexibility index (Phi) is 2.45. The van der Waals surface area contributed by atoms with Crippen molar-refractivity contribution in [2.24, 2.45) is 5.73 Å². The summed E-state index contributed by atoms with van der Waals surface area (Å²) in [5.74, 6) is 0. The van der Waals surface area contributed by atoms with E-state index in [1.165, 1.54) is 0 Å². The number of H-pyrrole nitrogens is 1. The molecule has 0 unspecified atom stereocenters. The number of hydrogen-bond acceptors (Lipinski definition) is 2. The van der Waals surface area contributed by atoms with Gasteiger partial charge in [-0.2, -0.15) is 0 Å². The summed E-state index contributed by atoms with van der Waals surface area (Å²) in [6.45, 7) is 2.01. The molecule has 0 aliphatic carbocycles. The Bertz CT molecular complexity index is 167. The first-order chi connectivity index (χ1) is 4.79. The van der Waals surface area contributed by atoms with Gasteiger partial charge >= 0.3 is 0 Å². The molecule has 1 rings (SSSR count). The van der Waals surface area contributed by atoms with E-state index in [2.05, 4.69) is 9.97 Å². The van der Waals surface area contributed by atoms with E-state index >= 15 is 0 Å². The van der Waals surface area contributed by atoms with Crippen LogP contribution >= 0.6 is 0 Å². The number of hydrogen-bond donors (Lipinski definition) is 2. The molecule has 0 aliphatic heterocycles. The number of nitrogens with two attached hydrogens (primary N) is 1. The van der Waals surface area contributed by atoms with E-state index in [9.17, 15) is 0 Å². The molecule has 0 spiro atoms. The van der Waals surface area contributed by atoms with Gasteiger partial charge in [-0.05, 0) is 19.8 Å². The highest BCUT2D eigenvalue weighted by Gasteiger charge is 1.96. The van der Waals surface area contributed by atoms with E-state index < -0.39 is 0 Å². The third kappa shape index (κ3) is 2.19. The largest absolute Gasteiger partial charge is 0.348 e. The lowest BCUT2D eigenvalue weighted by molar-refractivity contribution is 0.660. The average molecular weight is 139 g/mol. The quantitative estimate of drug-likeness (QED) is 0.647. The average Bonchev–Trinajstić information content (AvgIpc) is 2.34. The number of aromatic nitrogens is 2. The minimum Gasteiger partial charge on any atom is -0.348 e. The topological polar surface area (TPSA) is 54.7 Å². The van der Waals surface area contributed by atoms with Gasteiger partial charge in [0.15, 0.2) is 0 Å². The SMILES string of the molecule is C[C@H](N)CCc1cnc[nH]1. The van der Waals surface area contributed by atoms with Gasteiger partial charge in [0.1, 0.15) is 0 Å². The molecule has 0 amide bonds. The molecule has 0 saturated heterocycles. The van der Waals surface area contributed by atoms with Crippen molar-refractivity contribution in [3.8, 4) is 0 Å². The zero-order chi connectivity index (χ0) is 7.40.